The quantitative estimate of drug-likeness (QED) is 0.881. The largest absolute Gasteiger partial charge is 0.377 e. The van der Waals surface area contributed by atoms with E-state index in [-0.39, 0.29) is 0 Å². The first-order chi connectivity index (χ1) is 8.89. The van der Waals surface area contributed by atoms with E-state index in [4.69, 9.17) is 5.73 Å². The Morgan fingerprint density at radius 2 is 2.11 bits per heavy atom. The molecule has 0 heterocycles. The normalized spacial score (nSPS) is 27.4. The summed E-state index contributed by atoms with van der Waals surface area (Å²) >= 11 is 0. The summed E-state index contributed by atoms with van der Waals surface area (Å²) in [5.41, 5.74) is 7.48. The van der Waals surface area contributed by atoms with Gasteiger partial charge in [0.25, 0.3) is 0 Å². The molecule has 2 unspecified atom stereocenters. The van der Waals surface area contributed by atoms with E-state index < -0.39 is 20.6 Å². The number of aryl methyl sites for hydroxylation is 1. The van der Waals surface area contributed by atoms with Gasteiger partial charge in [0.1, 0.15) is 0 Å². The maximum Gasteiger partial charge on any atom is 0.152 e. The van der Waals surface area contributed by atoms with Crippen LogP contribution in [0.25, 0.3) is 0 Å². The molecule has 5 heteroatoms. The summed E-state index contributed by atoms with van der Waals surface area (Å²) in [6.45, 7) is 2.34. The lowest BCUT2D eigenvalue weighted by atomic mass is 9.96. The minimum atomic E-state index is -3.10. The van der Waals surface area contributed by atoms with Gasteiger partial charge >= 0.3 is 0 Å². The number of anilines is 1. The monoisotopic (exact) mass is 282 g/mol. The first-order valence-corrected chi connectivity index (χ1v) is 8.57. The third kappa shape index (κ3) is 2.77. The molecule has 4 nitrogen and oxygen atoms in total. The molecule has 0 radical (unpaired) electrons. The van der Waals surface area contributed by atoms with E-state index >= 15 is 0 Å². The molecule has 1 aliphatic rings. The number of nitrogens with one attached hydrogen (secondary N) is 1. The molecule has 3 N–H and O–H groups in total. The Morgan fingerprint density at radius 3 is 2.68 bits per heavy atom. The first-order valence-electron chi connectivity index (χ1n) is 6.62. The summed E-state index contributed by atoms with van der Waals surface area (Å²) in [5.74, 6) is 0. The number of sulfone groups is 1. The molecule has 0 aliphatic heterocycles. The molecule has 2 atom stereocenters. The number of benzene rings is 1. The molecule has 1 fully saturated rings. The van der Waals surface area contributed by atoms with Crippen LogP contribution in [0.2, 0.25) is 0 Å². The fraction of sp³-hybridized carbons (Fsp3) is 0.571. The van der Waals surface area contributed by atoms with Crippen LogP contribution in [0.15, 0.2) is 24.3 Å². The summed E-state index contributed by atoms with van der Waals surface area (Å²) in [4.78, 5) is 0. The van der Waals surface area contributed by atoms with Crippen LogP contribution in [0.1, 0.15) is 24.8 Å². The highest BCUT2D eigenvalue weighted by molar-refractivity contribution is 7.91. The fourth-order valence-electron chi connectivity index (χ4n) is 3.07. The lowest BCUT2D eigenvalue weighted by molar-refractivity contribution is 0.479. The summed E-state index contributed by atoms with van der Waals surface area (Å²) in [7, 11) is -3.10. The maximum atomic E-state index is 12.0. The topological polar surface area (TPSA) is 72.2 Å². The smallest absolute Gasteiger partial charge is 0.152 e. The van der Waals surface area contributed by atoms with Crippen LogP contribution in [0.3, 0.4) is 0 Å². The highest BCUT2D eigenvalue weighted by Gasteiger charge is 2.47. The third-order valence-corrected chi connectivity index (χ3v) is 5.84. The molecule has 19 heavy (non-hydrogen) atoms. The van der Waals surface area contributed by atoms with Crippen LogP contribution >= 0.6 is 0 Å². The van der Waals surface area contributed by atoms with Crippen LogP contribution in [0, 0.1) is 6.92 Å². The molecule has 106 valence electrons. The van der Waals surface area contributed by atoms with Crippen molar-refractivity contribution < 1.29 is 8.42 Å². The zero-order valence-corrected chi connectivity index (χ0v) is 12.3. The van der Waals surface area contributed by atoms with E-state index in [1.807, 2.05) is 31.2 Å². The van der Waals surface area contributed by atoms with E-state index in [0.29, 0.717) is 13.0 Å². The minimum Gasteiger partial charge on any atom is -0.377 e. The molecule has 1 aromatic rings. The summed E-state index contributed by atoms with van der Waals surface area (Å²) in [5, 5.41) is 3.03. The van der Waals surface area contributed by atoms with Crippen molar-refractivity contribution in [1.82, 2.24) is 0 Å². The number of hydrogen-bond acceptors (Lipinski definition) is 4. The van der Waals surface area contributed by atoms with E-state index in [9.17, 15) is 8.42 Å². The van der Waals surface area contributed by atoms with Crippen molar-refractivity contribution in [2.45, 2.75) is 37.0 Å². The Balaban J connectivity index is 2.36. The highest BCUT2D eigenvalue weighted by atomic mass is 32.2. The first kappa shape index (κ1) is 14.3. The van der Waals surface area contributed by atoms with E-state index in [2.05, 4.69) is 5.32 Å². The molecule has 0 bridgehead atoms. The Labute approximate surface area is 115 Å². The minimum absolute atomic E-state index is 0.332. The molecule has 0 saturated heterocycles. The summed E-state index contributed by atoms with van der Waals surface area (Å²) < 4.78 is 24.0. The van der Waals surface area contributed by atoms with Gasteiger partial charge in [-0.15, -0.1) is 0 Å². The number of rotatable bonds is 4. The van der Waals surface area contributed by atoms with Crippen molar-refractivity contribution in [3.8, 4) is 0 Å². The van der Waals surface area contributed by atoms with Crippen LogP contribution in [-0.4, -0.2) is 32.0 Å². The van der Waals surface area contributed by atoms with Gasteiger partial charge in [-0.3, -0.25) is 0 Å². The lowest BCUT2D eigenvalue weighted by Crippen LogP contribution is -2.54. The SMILES string of the molecule is Cc1ccccc1NC1(CN)CCCC1S(C)(=O)=O. The Hall–Kier alpha value is -1.07. The molecule has 0 amide bonds. The van der Waals surface area contributed by atoms with E-state index in [1.54, 1.807) is 0 Å². The van der Waals surface area contributed by atoms with Crippen molar-refractivity contribution in [1.29, 1.82) is 0 Å². The van der Waals surface area contributed by atoms with E-state index in [1.165, 1.54) is 6.26 Å². The van der Waals surface area contributed by atoms with Gasteiger partial charge in [-0.2, -0.15) is 0 Å². The van der Waals surface area contributed by atoms with Crippen LogP contribution < -0.4 is 11.1 Å². The van der Waals surface area contributed by atoms with Crippen molar-refractivity contribution in [2.24, 2.45) is 5.73 Å². The average Bonchev–Trinajstić information content (AvgIpc) is 2.76. The molecule has 0 aromatic heterocycles. The van der Waals surface area contributed by atoms with Crippen LogP contribution in [-0.2, 0) is 9.84 Å². The van der Waals surface area contributed by atoms with Crippen molar-refractivity contribution in [3.63, 3.8) is 0 Å². The molecule has 1 aromatic carbocycles. The molecular weight excluding hydrogens is 260 g/mol. The second-order valence-corrected chi connectivity index (χ2v) is 7.74. The summed E-state index contributed by atoms with van der Waals surface area (Å²) in [6.07, 6.45) is 3.70. The highest BCUT2D eigenvalue weighted by Crippen LogP contribution is 2.37. The second-order valence-electron chi connectivity index (χ2n) is 5.51. The average molecular weight is 282 g/mol. The standard InChI is InChI=1S/C14H22N2O2S/c1-11-6-3-4-7-12(11)16-14(10-15)9-5-8-13(14)19(2,17)18/h3-4,6-7,13,16H,5,8-10,15H2,1-2H3. The predicted molar refractivity (Wildman–Crippen MR) is 79.1 cm³/mol. The maximum absolute atomic E-state index is 12.0. The van der Waals surface area contributed by atoms with Gasteiger partial charge in [-0.05, 0) is 37.8 Å². The van der Waals surface area contributed by atoms with Gasteiger partial charge in [0.2, 0.25) is 0 Å². The number of para-hydroxylation sites is 1. The van der Waals surface area contributed by atoms with E-state index in [0.717, 1.165) is 24.1 Å². The van der Waals surface area contributed by atoms with Gasteiger partial charge in [0, 0.05) is 18.5 Å². The number of nitrogens with two attached hydrogens (primary N) is 1. The Bertz CT molecular complexity index is 556. The molecular formula is C14H22N2O2S. The Morgan fingerprint density at radius 1 is 1.42 bits per heavy atom. The van der Waals surface area contributed by atoms with Crippen molar-refractivity contribution >= 4 is 15.5 Å². The third-order valence-electron chi connectivity index (χ3n) is 4.12. The van der Waals surface area contributed by atoms with Crippen LogP contribution in [0.4, 0.5) is 5.69 Å². The fourth-order valence-corrected chi connectivity index (χ4v) is 4.76. The molecule has 1 saturated carbocycles. The van der Waals surface area contributed by atoms with Gasteiger partial charge < -0.3 is 11.1 Å². The van der Waals surface area contributed by atoms with Gasteiger partial charge in [0.15, 0.2) is 9.84 Å². The van der Waals surface area contributed by atoms with Crippen molar-refractivity contribution in [3.05, 3.63) is 29.8 Å². The van der Waals surface area contributed by atoms with Gasteiger partial charge in [0.05, 0.1) is 10.8 Å². The van der Waals surface area contributed by atoms with Crippen molar-refractivity contribution in [2.75, 3.05) is 18.1 Å². The predicted octanol–water partition coefficient (Wildman–Crippen LogP) is 1.70. The number of hydrogen-bond donors (Lipinski definition) is 2. The molecule has 2 rings (SSSR count). The summed E-state index contributed by atoms with van der Waals surface area (Å²) in [6, 6.07) is 7.91. The van der Waals surface area contributed by atoms with Crippen LogP contribution in [0.5, 0.6) is 0 Å². The van der Waals surface area contributed by atoms with Gasteiger partial charge in [-0.25, -0.2) is 8.42 Å². The lowest BCUT2D eigenvalue weighted by Gasteiger charge is -2.36. The molecule has 1 aliphatic carbocycles. The Kier molecular flexibility index (Phi) is 3.87. The zero-order valence-electron chi connectivity index (χ0n) is 11.5. The second kappa shape index (κ2) is 5.13. The zero-order chi connectivity index (χ0) is 14.1. The molecule has 0 spiro atoms. The van der Waals surface area contributed by atoms with Gasteiger partial charge in [-0.1, -0.05) is 18.2 Å².